The zero-order valence-corrected chi connectivity index (χ0v) is 11.2. The van der Waals surface area contributed by atoms with Gasteiger partial charge in [-0.1, -0.05) is 6.07 Å². The molecule has 1 aromatic carbocycles. The molecule has 0 fully saturated rings. The van der Waals surface area contributed by atoms with Crippen molar-refractivity contribution in [2.24, 2.45) is 0 Å². The first-order valence-electron chi connectivity index (χ1n) is 5.75. The van der Waals surface area contributed by atoms with Crippen LogP contribution in [0.2, 0.25) is 0 Å². The fourth-order valence-corrected chi connectivity index (χ4v) is 1.78. The number of aliphatic hydroxyl groups excluding tert-OH is 1. The van der Waals surface area contributed by atoms with Crippen molar-refractivity contribution in [3.05, 3.63) is 28.3 Å². The first-order valence-corrected chi connectivity index (χ1v) is 5.75. The van der Waals surface area contributed by atoms with Gasteiger partial charge in [-0.15, -0.1) is 0 Å². The number of benzene rings is 1. The third kappa shape index (κ3) is 2.56. The number of aliphatic hydroxyl groups is 1. The van der Waals surface area contributed by atoms with E-state index >= 15 is 0 Å². The predicted molar refractivity (Wildman–Crippen MR) is 70.2 cm³/mol. The quantitative estimate of drug-likeness (QED) is 0.822. The van der Waals surface area contributed by atoms with Gasteiger partial charge in [0.1, 0.15) is 0 Å². The fourth-order valence-electron chi connectivity index (χ4n) is 1.78. The fraction of sp³-hybridized carbons (Fsp3) is 0.571. The highest BCUT2D eigenvalue weighted by molar-refractivity contribution is 5.63. The van der Waals surface area contributed by atoms with Gasteiger partial charge in [-0.05, 0) is 63.8 Å². The van der Waals surface area contributed by atoms with Gasteiger partial charge in [0.05, 0.1) is 12.1 Å². The summed E-state index contributed by atoms with van der Waals surface area (Å²) in [7, 11) is 0. The highest BCUT2D eigenvalue weighted by atomic mass is 16.3. The van der Waals surface area contributed by atoms with Gasteiger partial charge >= 0.3 is 0 Å². The molecule has 0 aliphatic carbocycles. The first kappa shape index (κ1) is 13.0. The van der Waals surface area contributed by atoms with Crippen LogP contribution >= 0.6 is 0 Å². The van der Waals surface area contributed by atoms with Crippen LogP contribution in [0.5, 0.6) is 0 Å². The maximum atomic E-state index is 9.31. The van der Waals surface area contributed by atoms with E-state index in [0.717, 1.165) is 5.69 Å². The maximum Gasteiger partial charge on any atom is 0.0656 e. The lowest BCUT2D eigenvalue weighted by Crippen LogP contribution is -2.35. The van der Waals surface area contributed by atoms with Crippen LogP contribution in [0.1, 0.15) is 36.1 Å². The zero-order valence-electron chi connectivity index (χ0n) is 11.2. The van der Waals surface area contributed by atoms with Gasteiger partial charge in [0.15, 0.2) is 0 Å². The molecule has 0 atom stereocenters. The third-order valence-corrected chi connectivity index (χ3v) is 3.22. The summed E-state index contributed by atoms with van der Waals surface area (Å²) in [5.74, 6) is 0. The van der Waals surface area contributed by atoms with E-state index in [2.05, 4.69) is 39.1 Å². The average molecular weight is 221 g/mol. The van der Waals surface area contributed by atoms with E-state index in [4.69, 9.17) is 0 Å². The van der Waals surface area contributed by atoms with Crippen LogP contribution in [-0.4, -0.2) is 17.3 Å². The topological polar surface area (TPSA) is 32.3 Å². The average Bonchev–Trinajstić information content (AvgIpc) is 2.22. The Bertz CT molecular complexity index is 368. The molecule has 1 aromatic rings. The van der Waals surface area contributed by atoms with E-state index in [9.17, 15) is 5.11 Å². The Balaban J connectivity index is 3.23. The van der Waals surface area contributed by atoms with E-state index in [1.54, 1.807) is 0 Å². The second kappa shape index (κ2) is 4.46. The molecule has 2 heteroatoms. The van der Waals surface area contributed by atoms with Crippen molar-refractivity contribution in [2.75, 3.05) is 11.9 Å². The Morgan fingerprint density at radius 1 is 1.06 bits per heavy atom. The second-order valence-corrected chi connectivity index (χ2v) is 5.30. The number of rotatable bonds is 3. The number of aryl methyl sites for hydroxylation is 2. The number of hydrogen-bond donors (Lipinski definition) is 2. The van der Waals surface area contributed by atoms with Crippen molar-refractivity contribution < 1.29 is 5.11 Å². The van der Waals surface area contributed by atoms with Crippen LogP contribution in [0, 0.1) is 27.7 Å². The van der Waals surface area contributed by atoms with Crippen molar-refractivity contribution in [3.8, 4) is 0 Å². The van der Waals surface area contributed by atoms with Gasteiger partial charge in [-0.2, -0.15) is 0 Å². The third-order valence-electron chi connectivity index (χ3n) is 3.22. The molecule has 2 N–H and O–H groups in total. The highest BCUT2D eigenvalue weighted by Crippen LogP contribution is 2.28. The van der Waals surface area contributed by atoms with Gasteiger partial charge in [-0.25, -0.2) is 0 Å². The lowest BCUT2D eigenvalue weighted by Gasteiger charge is -2.28. The molecular formula is C14H23NO. The standard InChI is InChI=1S/C14H23NO/c1-9-7-10(2)12(4)13(11(9)3)15-14(5,6)8-16/h7,15-16H,8H2,1-6H3. The second-order valence-electron chi connectivity index (χ2n) is 5.30. The largest absolute Gasteiger partial charge is 0.394 e. The van der Waals surface area contributed by atoms with Gasteiger partial charge in [-0.3, -0.25) is 0 Å². The SMILES string of the molecule is Cc1cc(C)c(C)c(NC(C)(C)CO)c1C. The van der Waals surface area contributed by atoms with Gasteiger partial charge < -0.3 is 10.4 Å². The number of anilines is 1. The number of nitrogens with one attached hydrogen (secondary N) is 1. The van der Waals surface area contributed by atoms with E-state index in [1.165, 1.54) is 22.3 Å². The van der Waals surface area contributed by atoms with Gasteiger partial charge in [0.2, 0.25) is 0 Å². The molecule has 16 heavy (non-hydrogen) atoms. The van der Waals surface area contributed by atoms with Crippen LogP contribution in [0.4, 0.5) is 5.69 Å². The van der Waals surface area contributed by atoms with Crippen molar-refractivity contribution in [3.63, 3.8) is 0 Å². The van der Waals surface area contributed by atoms with Crippen LogP contribution in [0.25, 0.3) is 0 Å². The molecule has 0 radical (unpaired) electrons. The summed E-state index contributed by atoms with van der Waals surface area (Å²) in [6, 6.07) is 2.21. The zero-order chi connectivity index (χ0) is 12.5. The van der Waals surface area contributed by atoms with E-state index in [-0.39, 0.29) is 12.1 Å². The van der Waals surface area contributed by atoms with E-state index in [0.29, 0.717) is 0 Å². The molecule has 0 aromatic heterocycles. The minimum absolute atomic E-state index is 0.124. The van der Waals surface area contributed by atoms with Crippen molar-refractivity contribution >= 4 is 5.69 Å². The molecule has 2 nitrogen and oxygen atoms in total. The van der Waals surface area contributed by atoms with E-state index < -0.39 is 0 Å². The van der Waals surface area contributed by atoms with Crippen molar-refractivity contribution in [2.45, 2.75) is 47.1 Å². The van der Waals surface area contributed by atoms with E-state index in [1.807, 2.05) is 13.8 Å². The minimum Gasteiger partial charge on any atom is -0.394 e. The lowest BCUT2D eigenvalue weighted by molar-refractivity contribution is 0.234. The predicted octanol–water partition coefficient (Wildman–Crippen LogP) is 3.10. The number of hydrogen-bond acceptors (Lipinski definition) is 2. The summed E-state index contributed by atoms with van der Waals surface area (Å²) in [5.41, 5.74) is 6.00. The summed E-state index contributed by atoms with van der Waals surface area (Å²) in [6.07, 6.45) is 0. The molecule has 0 unspecified atom stereocenters. The molecule has 1 rings (SSSR count). The Morgan fingerprint density at radius 3 is 1.88 bits per heavy atom. The maximum absolute atomic E-state index is 9.31. The summed E-state index contributed by atoms with van der Waals surface area (Å²) in [6.45, 7) is 12.6. The molecule has 0 bridgehead atoms. The summed E-state index contributed by atoms with van der Waals surface area (Å²) in [4.78, 5) is 0. The van der Waals surface area contributed by atoms with Crippen LogP contribution in [-0.2, 0) is 0 Å². The van der Waals surface area contributed by atoms with Crippen LogP contribution in [0.15, 0.2) is 6.07 Å². The Kier molecular flexibility index (Phi) is 3.64. The monoisotopic (exact) mass is 221 g/mol. The molecular weight excluding hydrogens is 198 g/mol. The summed E-state index contributed by atoms with van der Waals surface area (Å²) >= 11 is 0. The lowest BCUT2D eigenvalue weighted by atomic mass is 9.96. The highest BCUT2D eigenvalue weighted by Gasteiger charge is 2.19. The minimum atomic E-state index is -0.282. The van der Waals surface area contributed by atoms with Gasteiger partial charge in [0.25, 0.3) is 0 Å². The molecule has 0 saturated heterocycles. The molecule has 90 valence electrons. The Hall–Kier alpha value is -1.02. The molecule has 0 heterocycles. The normalized spacial score (nSPS) is 11.7. The van der Waals surface area contributed by atoms with Crippen LogP contribution < -0.4 is 5.32 Å². The van der Waals surface area contributed by atoms with Crippen molar-refractivity contribution in [1.29, 1.82) is 0 Å². The summed E-state index contributed by atoms with van der Waals surface area (Å²) in [5, 5.41) is 12.7. The Morgan fingerprint density at radius 2 is 1.50 bits per heavy atom. The summed E-state index contributed by atoms with van der Waals surface area (Å²) < 4.78 is 0. The first-order chi connectivity index (χ1) is 7.28. The molecule has 0 aliphatic heterocycles. The van der Waals surface area contributed by atoms with Gasteiger partial charge in [0, 0.05) is 5.69 Å². The molecule has 0 aliphatic rings. The smallest absolute Gasteiger partial charge is 0.0656 e. The molecule has 0 amide bonds. The Labute approximate surface area is 98.7 Å². The van der Waals surface area contributed by atoms with Crippen LogP contribution in [0.3, 0.4) is 0 Å². The molecule has 0 saturated carbocycles. The van der Waals surface area contributed by atoms with Crippen molar-refractivity contribution in [1.82, 2.24) is 0 Å². The molecule has 0 spiro atoms.